The zero-order valence-electron chi connectivity index (χ0n) is 10.7. The smallest absolute Gasteiger partial charge is 0.0842 e. The number of likely N-dealkylation sites (N-methyl/N-ethyl adjacent to an activating group) is 1. The van der Waals surface area contributed by atoms with Crippen LogP contribution in [-0.2, 0) is 13.5 Å². The molecule has 2 heterocycles. The van der Waals surface area contributed by atoms with Crippen LogP contribution in [0.15, 0.2) is 6.20 Å². The first-order valence-corrected chi connectivity index (χ1v) is 7.53. The monoisotopic (exact) mass is 254 g/mol. The Labute approximate surface area is 108 Å². The second-order valence-electron chi connectivity index (χ2n) is 4.86. The van der Waals surface area contributed by atoms with Crippen LogP contribution in [0, 0.1) is 5.92 Å². The van der Waals surface area contributed by atoms with Gasteiger partial charge in [-0.25, -0.2) is 0 Å². The normalized spacial score (nSPS) is 19.4. The Kier molecular flexibility index (Phi) is 4.86. The third-order valence-electron chi connectivity index (χ3n) is 3.47. The van der Waals surface area contributed by atoms with Gasteiger partial charge >= 0.3 is 0 Å². The molecule has 0 aliphatic carbocycles. The predicted octanol–water partition coefficient (Wildman–Crippen LogP) is 1.48. The summed E-state index contributed by atoms with van der Waals surface area (Å²) in [6.45, 7) is 0. The molecule has 0 amide bonds. The molecule has 1 unspecified atom stereocenters. The summed E-state index contributed by atoms with van der Waals surface area (Å²) in [6.07, 6.45) is 7.04. The molecule has 1 aromatic heterocycles. The number of hydrogen-bond acceptors (Lipinski definition) is 4. The fourth-order valence-corrected chi connectivity index (χ4v) is 3.63. The molecule has 4 nitrogen and oxygen atoms in total. The molecule has 0 aromatic carbocycles. The third-order valence-corrected chi connectivity index (χ3v) is 4.52. The molecule has 96 valence electrons. The van der Waals surface area contributed by atoms with Crippen LogP contribution in [0.5, 0.6) is 0 Å². The van der Waals surface area contributed by atoms with Gasteiger partial charge in [-0.2, -0.15) is 11.8 Å². The molecular formula is C12H22N4S. The van der Waals surface area contributed by atoms with Crippen molar-refractivity contribution in [2.45, 2.75) is 31.7 Å². The molecule has 0 saturated carbocycles. The first kappa shape index (κ1) is 12.9. The molecule has 0 bridgehead atoms. The van der Waals surface area contributed by atoms with Gasteiger partial charge in [-0.3, -0.25) is 4.68 Å². The first-order valence-electron chi connectivity index (χ1n) is 6.38. The maximum absolute atomic E-state index is 4.17. The summed E-state index contributed by atoms with van der Waals surface area (Å²) in [5.41, 5.74) is 1.09. The van der Waals surface area contributed by atoms with Gasteiger partial charge in [0.05, 0.1) is 5.69 Å². The Morgan fingerprint density at radius 2 is 2.29 bits per heavy atom. The minimum Gasteiger partial charge on any atom is -0.317 e. The summed E-state index contributed by atoms with van der Waals surface area (Å²) < 4.78 is 1.78. The van der Waals surface area contributed by atoms with Crippen molar-refractivity contribution in [3.05, 3.63) is 11.9 Å². The van der Waals surface area contributed by atoms with Crippen LogP contribution in [0.3, 0.4) is 0 Å². The molecule has 2 rings (SSSR count). The number of thioether (sulfide) groups is 1. The maximum Gasteiger partial charge on any atom is 0.0842 e. The summed E-state index contributed by atoms with van der Waals surface area (Å²) >= 11 is 2.09. The molecule has 0 spiro atoms. The molecule has 1 fully saturated rings. The molecule has 17 heavy (non-hydrogen) atoms. The highest BCUT2D eigenvalue weighted by atomic mass is 32.2. The van der Waals surface area contributed by atoms with E-state index < -0.39 is 0 Å². The van der Waals surface area contributed by atoms with Gasteiger partial charge in [0.15, 0.2) is 0 Å². The SMILES string of the molecule is CNC(Cc1cn(C)nn1)CC1CCSCC1. The van der Waals surface area contributed by atoms with Gasteiger partial charge in [-0.1, -0.05) is 5.21 Å². The molecule has 0 radical (unpaired) electrons. The van der Waals surface area contributed by atoms with Crippen LogP contribution in [0.2, 0.25) is 0 Å². The minimum absolute atomic E-state index is 0.541. The Balaban J connectivity index is 1.83. The van der Waals surface area contributed by atoms with Gasteiger partial charge in [0.1, 0.15) is 0 Å². The second-order valence-corrected chi connectivity index (χ2v) is 6.09. The van der Waals surface area contributed by atoms with Crippen LogP contribution in [0.1, 0.15) is 25.0 Å². The van der Waals surface area contributed by atoms with E-state index in [4.69, 9.17) is 0 Å². The van der Waals surface area contributed by atoms with Crippen molar-refractivity contribution in [2.75, 3.05) is 18.6 Å². The predicted molar refractivity (Wildman–Crippen MR) is 72.2 cm³/mol. The van der Waals surface area contributed by atoms with E-state index in [1.54, 1.807) is 4.68 Å². The van der Waals surface area contributed by atoms with E-state index in [1.807, 2.05) is 13.2 Å². The van der Waals surface area contributed by atoms with E-state index in [-0.39, 0.29) is 0 Å². The number of nitrogens with zero attached hydrogens (tertiary/aromatic N) is 3. The zero-order valence-corrected chi connectivity index (χ0v) is 11.5. The first-order chi connectivity index (χ1) is 8.28. The lowest BCUT2D eigenvalue weighted by Crippen LogP contribution is -2.31. The lowest BCUT2D eigenvalue weighted by atomic mass is 9.92. The van der Waals surface area contributed by atoms with E-state index >= 15 is 0 Å². The van der Waals surface area contributed by atoms with Crippen molar-refractivity contribution in [1.29, 1.82) is 0 Å². The highest BCUT2D eigenvalue weighted by molar-refractivity contribution is 7.99. The zero-order chi connectivity index (χ0) is 12.1. The van der Waals surface area contributed by atoms with Crippen molar-refractivity contribution >= 4 is 11.8 Å². The lowest BCUT2D eigenvalue weighted by Gasteiger charge is -2.25. The molecule has 1 saturated heterocycles. The van der Waals surface area contributed by atoms with Crippen molar-refractivity contribution in [1.82, 2.24) is 20.3 Å². The molecule has 1 N–H and O–H groups in total. The van der Waals surface area contributed by atoms with Gasteiger partial charge in [0.2, 0.25) is 0 Å². The summed E-state index contributed by atoms with van der Waals surface area (Å²) in [6, 6.07) is 0.541. The van der Waals surface area contributed by atoms with Crippen LogP contribution < -0.4 is 5.32 Å². The standard InChI is InChI=1S/C12H22N4S/c1-13-11(7-10-3-5-17-6-4-10)8-12-9-16(2)15-14-12/h9-11,13H,3-8H2,1-2H3. The number of nitrogens with one attached hydrogen (secondary N) is 1. The van der Waals surface area contributed by atoms with Gasteiger partial charge < -0.3 is 5.32 Å². The highest BCUT2D eigenvalue weighted by Gasteiger charge is 2.19. The van der Waals surface area contributed by atoms with Gasteiger partial charge in [0, 0.05) is 25.7 Å². The van der Waals surface area contributed by atoms with E-state index in [0.717, 1.165) is 18.0 Å². The quantitative estimate of drug-likeness (QED) is 0.864. The Hall–Kier alpha value is -0.550. The van der Waals surface area contributed by atoms with E-state index in [1.165, 1.54) is 30.8 Å². The van der Waals surface area contributed by atoms with Crippen molar-refractivity contribution in [3.63, 3.8) is 0 Å². The number of hydrogen-bond donors (Lipinski definition) is 1. The van der Waals surface area contributed by atoms with Crippen LogP contribution in [0.4, 0.5) is 0 Å². The Morgan fingerprint density at radius 3 is 2.88 bits per heavy atom. The largest absolute Gasteiger partial charge is 0.317 e. The van der Waals surface area contributed by atoms with Crippen LogP contribution >= 0.6 is 11.8 Å². The fourth-order valence-electron chi connectivity index (χ4n) is 2.43. The van der Waals surface area contributed by atoms with Gasteiger partial charge in [0.25, 0.3) is 0 Å². The molecule has 1 aromatic rings. The van der Waals surface area contributed by atoms with E-state index in [2.05, 4.69) is 34.4 Å². The topological polar surface area (TPSA) is 42.7 Å². The Morgan fingerprint density at radius 1 is 1.53 bits per heavy atom. The number of aryl methyl sites for hydroxylation is 1. The van der Waals surface area contributed by atoms with E-state index in [0.29, 0.717) is 6.04 Å². The summed E-state index contributed by atoms with van der Waals surface area (Å²) in [5.74, 6) is 3.57. The minimum atomic E-state index is 0.541. The molecule has 1 aliphatic rings. The molecule has 1 atom stereocenters. The Bertz CT molecular complexity index is 333. The average Bonchev–Trinajstić information content (AvgIpc) is 2.75. The summed E-state index contributed by atoms with van der Waals surface area (Å²) in [7, 11) is 3.97. The van der Waals surface area contributed by atoms with Crippen molar-refractivity contribution in [3.8, 4) is 0 Å². The number of aromatic nitrogens is 3. The molecular weight excluding hydrogens is 232 g/mol. The van der Waals surface area contributed by atoms with Gasteiger partial charge in [-0.15, -0.1) is 5.10 Å². The van der Waals surface area contributed by atoms with Gasteiger partial charge in [-0.05, 0) is 43.7 Å². The summed E-state index contributed by atoms with van der Waals surface area (Å²) in [5, 5.41) is 11.6. The van der Waals surface area contributed by atoms with Crippen LogP contribution in [-0.4, -0.2) is 39.6 Å². The third kappa shape index (κ3) is 4.00. The maximum atomic E-state index is 4.17. The molecule has 5 heteroatoms. The fraction of sp³-hybridized carbons (Fsp3) is 0.833. The van der Waals surface area contributed by atoms with Crippen LogP contribution in [0.25, 0.3) is 0 Å². The average molecular weight is 254 g/mol. The lowest BCUT2D eigenvalue weighted by molar-refractivity contribution is 0.374. The summed E-state index contributed by atoms with van der Waals surface area (Å²) in [4.78, 5) is 0. The van der Waals surface area contributed by atoms with E-state index in [9.17, 15) is 0 Å². The van der Waals surface area contributed by atoms with Crippen molar-refractivity contribution in [2.24, 2.45) is 13.0 Å². The highest BCUT2D eigenvalue weighted by Crippen LogP contribution is 2.26. The molecule has 1 aliphatic heterocycles. The number of rotatable bonds is 5. The second kappa shape index (κ2) is 6.40. The van der Waals surface area contributed by atoms with Crippen molar-refractivity contribution < 1.29 is 0 Å².